The molecule has 0 aliphatic heterocycles. The quantitative estimate of drug-likeness (QED) is 0.409. The van der Waals surface area contributed by atoms with Crippen molar-refractivity contribution < 1.29 is 5.11 Å². The number of hydrogen-bond donors (Lipinski definition) is 1. The predicted octanol–water partition coefficient (Wildman–Crippen LogP) is 5.07. The molecular weight excluding hydrogens is 286 g/mol. The van der Waals surface area contributed by atoms with Crippen LogP contribution >= 0.6 is 0 Å². The highest BCUT2D eigenvalue weighted by Gasteiger charge is 2.59. The molecule has 4 nitrogen and oxygen atoms in total. The van der Waals surface area contributed by atoms with Crippen LogP contribution < -0.4 is 0 Å². The molecule has 0 radical (unpaired) electrons. The van der Waals surface area contributed by atoms with Crippen molar-refractivity contribution in [3.8, 4) is 0 Å². The first-order chi connectivity index (χ1) is 11.0. The summed E-state index contributed by atoms with van der Waals surface area (Å²) in [5, 5.41) is 14.5. The van der Waals surface area contributed by atoms with Gasteiger partial charge in [0.2, 0.25) is 0 Å². The lowest BCUT2D eigenvalue weighted by atomic mass is 9.45. The molecule has 0 heterocycles. The number of fused-ring (bicyclic) bond motifs is 5. The fourth-order valence-electron chi connectivity index (χ4n) is 7.39. The maximum absolute atomic E-state index is 10.5. The van der Waals surface area contributed by atoms with Gasteiger partial charge in [-0.25, -0.2) is 0 Å². The number of nitrogens with zero attached hydrogens (tertiary/aromatic N) is 3. The minimum absolute atomic E-state index is 0.0697. The topological polar surface area (TPSA) is 69.0 Å². The molecule has 0 aromatic heterocycles. The lowest BCUT2D eigenvalue weighted by Crippen LogP contribution is -2.54. The van der Waals surface area contributed by atoms with Crippen molar-refractivity contribution in [1.29, 1.82) is 0 Å². The molecular formula is C19H31N3O. The molecule has 4 rings (SSSR count). The van der Waals surface area contributed by atoms with E-state index in [0.29, 0.717) is 5.41 Å². The van der Waals surface area contributed by atoms with E-state index in [9.17, 15) is 5.11 Å². The van der Waals surface area contributed by atoms with E-state index in [1.807, 2.05) is 0 Å². The third kappa shape index (κ3) is 2.17. The Morgan fingerprint density at radius 2 is 1.70 bits per heavy atom. The number of hydrogen-bond acceptors (Lipinski definition) is 2. The molecule has 0 bridgehead atoms. The molecule has 1 N–H and O–H groups in total. The second-order valence-electron chi connectivity index (χ2n) is 9.43. The van der Waals surface area contributed by atoms with Gasteiger partial charge in [-0.15, -0.1) is 0 Å². The van der Waals surface area contributed by atoms with E-state index in [-0.39, 0.29) is 17.6 Å². The summed E-state index contributed by atoms with van der Waals surface area (Å²) < 4.78 is 0. The van der Waals surface area contributed by atoms with Crippen molar-refractivity contribution in [1.82, 2.24) is 0 Å². The second-order valence-corrected chi connectivity index (χ2v) is 9.43. The van der Waals surface area contributed by atoms with Crippen molar-refractivity contribution in [3.05, 3.63) is 10.4 Å². The molecule has 23 heavy (non-hydrogen) atoms. The van der Waals surface area contributed by atoms with E-state index in [4.69, 9.17) is 5.53 Å². The summed E-state index contributed by atoms with van der Waals surface area (Å²) in [4.78, 5) is 3.06. The van der Waals surface area contributed by atoms with Gasteiger partial charge >= 0.3 is 0 Å². The smallest absolute Gasteiger partial charge is 0.0596 e. The lowest BCUT2D eigenvalue weighted by Gasteiger charge is -2.60. The Balaban J connectivity index is 1.58. The first-order valence-corrected chi connectivity index (χ1v) is 9.71. The fourth-order valence-corrected chi connectivity index (χ4v) is 7.39. The SMILES string of the molecule is C[C@]12CC[C@@H](N=[N+]=[N-])C[C@@H]1CC[C@@H]1[C@H]2CC[C@]2(C)[C@H](O)CC[C@@H]12. The van der Waals surface area contributed by atoms with Crippen molar-refractivity contribution in [2.24, 2.45) is 39.6 Å². The minimum atomic E-state index is -0.0697. The zero-order valence-electron chi connectivity index (χ0n) is 14.6. The molecule has 128 valence electrons. The van der Waals surface area contributed by atoms with Crippen molar-refractivity contribution in [3.63, 3.8) is 0 Å². The van der Waals surface area contributed by atoms with Crippen LogP contribution in [0, 0.1) is 34.5 Å². The zero-order chi connectivity index (χ0) is 16.2. The highest BCUT2D eigenvalue weighted by Crippen LogP contribution is 2.66. The maximum atomic E-state index is 10.5. The van der Waals surface area contributed by atoms with Gasteiger partial charge in [0.25, 0.3) is 0 Å². The number of rotatable bonds is 1. The van der Waals surface area contributed by atoms with Crippen LogP contribution in [0.2, 0.25) is 0 Å². The Bertz CT molecular complexity index is 531. The van der Waals surface area contributed by atoms with Gasteiger partial charge in [0.05, 0.1) is 6.10 Å². The Morgan fingerprint density at radius 3 is 2.48 bits per heavy atom. The highest BCUT2D eigenvalue weighted by molar-refractivity contribution is 5.09. The summed E-state index contributed by atoms with van der Waals surface area (Å²) in [7, 11) is 0. The second kappa shape index (κ2) is 5.39. The first-order valence-electron chi connectivity index (χ1n) is 9.71. The average Bonchev–Trinajstić information content (AvgIpc) is 2.84. The van der Waals surface area contributed by atoms with Crippen molar-refractivity contribution >= 4 is 0 Å². The maximum Gasteiger partial charge on any atom is 0.0596 e. The van der Waals surface area contributed by atoms with Crippen LogP contribution in [-0.4, -0.2) is 17.3 Å². The lowest BCUT2D eigenvalue weighted by molar-refractivity contribution is -0.122. The molecule has 4 aliphatic carbocycles. The van der Waals surface area contributed by atoms with E-state index in [2.05, 4.69) is 23.9 Å². The molecule has 0 aromatic rings. The monoisotopic (exact) mass is 317 g/mol. The van der Waals surface area contributed by atoms with Crippen LogP contribution in [0.25, 0.3) is 10.4 Å². The molecule has 4 heteroatoms. The summed E-state index contributed by atoms with van der Waals surface area (Å²) in [5.74, 6) is 3.13. The summed E-state index contributed by atoms with van der Waals surface area (Å²) in [6, 6.07) is 0.233. The van der Waals surface area contributed by atoms with Crippen molar-refractivity contribution in [2.45, 2.75) is 83.8 Å². The molecule has 4 saturated carbocycles. The van der Waals surface area contributed by atoms with E-state index < -0.39 is 0 Å². The number of aliphatic hydroxyl groups is 1. The van der Waals surface area contributed by atoms with E-state index >= 15 is 0 Å². The first kappa shape index (κ1) is 15.8. The summed E-state index contributed by atoms with van der Waals surface area (Å²) in [5.41, 5.74) is 9.39. The standard InChI is InChI=1S/C19H31N3O/c1-18-9-7-13(21-22-20)11-12(18)3-4-14-15-5-6-17(23)19(15,2)10-8-16(14)18/h12-17,23H,3-11H2,1-2H3/t12-,13+,14-,15-,16+,17+,18-,19-/m0/s1. The zero-order valence-corrected chi connectivity index (χ0v) is 14.6. The largest absolute Gasteiger partial charge is 0.393 e. The summed E-state index contributed by atoms with van der Waals surface area (Å²) in [6.45, 7) is 4.90. The van der Waals surface area contributed by atoms with Gasteiger partial charge < -0.3 is 5.11 Å². The molecule has 4 aliphatic rings. The van der Waals surface area contributed by atoms with E-state index in [0.717, 1.165) is 42.9 Å². The van der Waals surface area contributed by atoms with Gasteiger partial charge in [0, 0.05) is 11.0 Å². The Hall–Kier alpha value is -0.730. The highest BCUT2D eigenvalue weighted by atomic mass is 16.3. The van der Waals surface area contributed by atoms with Crippen LogP contribution in [-0.2, 0) is 0 Å². The van der Waals surface area contributed by atoms with Crippen LogP contribution in [0.4, 0.5) is 0 Å². The molecule has 0 aromatic carbocycles. The molecule has 4 fully saturated rings. The molecule has 0 spiro atoms. The van der Waals surface area contributed by atoms with Gasteiger partial charge in [-0.05, 0) is 97.8 Å². The Labute approximate surface area is 139 Å². The summed E-state index contributed by atoms with van der Waals surface area (Å²) >= 11 is 0. The van der Waals surface area contributed by atoms with Gasteiger partial charge in [-0.2, -0.15) is 0 Å². The van der Waals surface area contributed by atoms with Gasteiger partial charge in [-0.1, -0.05) is 19.0 Å². The molecule has 8 atom stereocenters. The van der Waals surface area contributed by atoms with Gasteiger partial charge in [0.1, 0.15) is 0 Å². The number of aliphatic hydroxyl groups excluding tert-OH is 1. The van der Waals surface area contributed by atoms with Crippen LogP contribution in [0.5, 0.6) is 0 Å². The predicted molar refractivity (Wildman–Crippen MR) is 90.7 cm³/mol. The minimum Gasteiger partial charge on any atom is -0.393 e. The third-order valence-electron chi connectivity index (χ3n) is 8.80. The van der Waals surface area contributed by atoms with E-state index in [1.165, 1.54) is 38.5 Å². The molecule has 0 amide bonds. The van der Waals surface area contributed by atoms with Gasteiger partial charge in [0.15, 0.2) is 0 Å². The van der Waals surface area contributed by atoms with Crippen LogP contribution in [0.15, 0.2) is 5.11 Å². The van der Waals surface area contributed by atoms with Crippen LogP contribution in [0.1, 0.15) is 71.6 Å². The number of azide groups is 1. The Kier molecular flexibility index (Phi) is 3.70. The molecule has 0 saturated heterocycles. The van der Waals surface area contributed by atoms with E-state index in [1.54, 1.807) is 0 Å². The summed E-state index contributed by atoms with van der Waals surface area (Å²) in [6.07, 6.45) is 10.7. The fraction of sp³-hybridized carbons (Fsp3) is 1.00. The average molecular weight is 317 g/mol. The van der Waals surface area contributed by atoms with Gasteiger partial charge in [-0.3, -0.25) is 0 Å². The third-order valence-corrected chi connectivity index (χ3v) is 8.80. The van der Waals surface area contributed by atoms with Crippen LogP contribution in [0.3, 0.4) is 0 Å². The van der Waals surface area contributed by atoms with Crippen molar-refractivity contribution in [2.75, 3.05) is 0 Å². The molecule has 0 unspecified atom stereocenters. The Morgan fingerprint density at radius 1 is 0.957 bits per heavy atom. The normalized spacial score (nSPS) is 55.3.